The highest BCUT2D eigenvalue weighted by Gasteiger charge is 2.04. The van der Waals surface area contributed by atoms with E-state index in [4.69, 9.17) is 10.5 Å². The van der Waals surface area contributed by atoms with Gasteiger partial charge in [-0.15, -0.1) is 0 Å². The zero-order chi connectivity index (χ0) is 12.0. The van der Waals surface area contributed by atoms with Gasteiger partial charge in [-0.05, 0) is 30.1 Å². The Morgan fingerprint density at radius 2 is 2.25 bits per heavy atom. The van der Waals surface area contributed by atoms with Crippen molar-refractivity contribution in [2.45, 2.75) is 6.92 Å². The van der Waals surface area contributed by atoms with E-state index in [0.717, 1.165) is 29.4 Å². The maximum Gasteiger partial charge on any atom is 0.121 e. The maximum atomic E-state index is 5.91. The van der Waals surface area contributed by atoms with Crippen LogP contribution in [-0.4, -0.2) is 25.7 Å². The van der Waals surface area contributed by atoms with Gasteiger partial charge in [0.1, 0.15) is 5.75 Å². The lowest BCUT2D eigenvalue weighted by Gasteiger charge is -2.14. The fourth-order valence-electron chi connectivity index (χ4n) is 1.46. The predicted octanol–water partition coefficient (Wildman–Crippen LogP) is 2.69. The van der Waals surface area contributed by atoms with Crippen molar-refractivity contribution in [3.05, 3.63) is 18.2 Å². The van der Waals surface area contributed by atoms with Crippen LogP contribution in [0, 0.1) is 5.92 Å². The number of hydrogen-bond acceptors (Lipinski definition) is 4. The molecule has 3 N–H and O–H groups in total. The van der Waals surface area contributed by atoms with Crippen molar-refractivity contribution in [1.82, 2.24) is 0 Å². The fourth-order valence-corrected chi connectivity index (χ4v) is 2.14. The molecule has 0 spiro atoms. The summed E-state index contributed by atoms with van der Waals surface area (Å²) in [5.74, 6) is 2.58. The molecule has 3 nitrogen and oxygen atoms in total. The molecular weight excluding hydrogens is 220 g/mol. The van der Waals surface area contributed by atoms with Gasteiger partial charge in [-0.3, -0.25) is 0 Å². The third-order valence-corrected chi connectivity index (χ3v) is 3.25. The van der Waals surface area contributed by atoms with Crippen LogP contribution in [0.15, 0.2) is 18.2 Å². The molecule has 1 aromatic rings. The molecular formula is C12H20N2OS. The number of hydrogen-bond donors (Lipinski definition) is 2. The van der Waals surface area contributed by atoms with Crippen molar-refractivity contribution in [2.75, 3.05) is 36.7 Å². The van der Waals surface area contributed by atoms with E-state index >= 15 is 0 Å². The van der Waals surface area contributed by atoms with Crippen molar-refractivity contribution in [3.63, 3.8) is 0 Å². The molecule has 1 rings (SSSR count). The average molecular weight is 240 g/mol. The van der Waals surface area contributed by atoms with Gasteiger partial charge in [0.2, 0.25) is 0 Å². The van der Waals surface area contributed by atoms with Crippen LogP contribution in [0.25, 0.3) is 0 Å². The molecule has 0 heterocycles. The number of rotatable bonds is 6. The molecule has 0 saturated heterocycles. The van der Waals surface area contributed by atoms with Crippen LogP contribution in [0.2, 0.25) is 0 Å². The molecule has 0 aromatic heterocycles. The summed E-state index contributed by atoms with van der Waals surface area (Å²) in [7, 11) is 1.64. The average Bonchev–Trinajstić information content (AvgIpc) is 2.27. The molecule has 0 aliphatic rings. The zero-order valence-corrected chi connectivity index (χ0v) is 10.9. The summed E-state index contributed by atoms with van der Waals surface area (Å²) in [5.41, 5.74) is 7.62. The molecule has 0 aliphatic carbocycles. The molecule has 0 amide bonds. The van der Waals surface area contributed by atoms with Crippen LogP contribution >= 0.6 is 11.8 Å². The molecule has 0 bridgehead atoms. The number of ether oxygens (including phenoxy) is 1. The van der Waals surface area contributed by atoms with Crippen molar-refractivity contribution in [3.8, 4) is 5.75 Å². The summed E-state index contributed by atoms with van der Waals surface area (Å²) < 4.78 is 5.10. The lowest BCUT2D eigenvalue weighted by atomic mass is 10.2. The fraction of sp³-hybridized carbons (Fsp3) is 0.500. The Morgan fingerprint density at radius 3 is 2.81 bits per heavy atom. The summed E-state index contributed by atoms with van der Waals surface area (Å²) in [6.45, 7) is 3.17. The van der Waals surface area contributed by atoms with Crippen molar-refractivity contribution in [1.29, 1.82) is 0 Å². The zero-order valence-electron chi connectivity index (χ0n) is 10.1. The van der Waals surface area contributed by atoms with Gasteiger partial charge in [0.05, 0.1) is 18.5 Å². The van der Waals surface area contributed by atoms with E-state index in [2.05, 4.69) is 18.5 Å². The minimum absolute atomic E-state index is 0.636. The minimum atomic E-state index is 0.636. The smallest absolute Gasteiger partial charge is 0.121 e. The van der Waals surface area contributed by atoms with Crippen LogP contribution < -0.4 is 15.8 Å². The summed E-state index contributed by atoms with van der Waals surface area (Å²) >= 11 is 1.86. The normalized spacial score (nSPS) is 12.2. The monoisotopic (exact) mass is 240 g/mol. The van der Waals surface area contributed by atoms with Gasteiger partial charge in [-0.1, -0.05) is 6.92 Å². The van der Waals surface area contributed by atoms with E-state index in [1.165, 1.54) is 0 Å². The van der Waals surface area contributed by atoms with Crippen LogP contribution in [0.3, 0.4) is 0 Å². The highest BCUT2D eigenvalue weighted by atomic mass is 32.2. The Morgan fingerprint density at radius 1 is 1.50 bits per heavy atom. The van der Waals surface area contributed by atoms with Crippen LogP contribution in [0.5, 0.6) is 5.75 Å². The summed E-state index contributed by atoms with van der Waals surface area (Å²) in [6, 6.07) is 5.71. The number of nitrogen functional groups attached to an aromatic ring is 1. The molecule has 0 saturated carbocycles. The topological polar surface area (TPSA) is 47.3 Å². The van der Waals surface area contributed by atoms with E-state index in [1.54, 1.807) is 7.11 Å². The highest BCUT2D eigenvalue weighted by molar-refractivity contribution is 7.98. The van der Waals surface area contributed by atoms with E-state index in [-0.39, 0.29) is 0 Å². The SMILES string of the molecule is COc1ccc(NCC(C)CSC)c(N)c1. The van der Waals surface area contributed by atoms with E-state index in [0.29, 0.717) is 5.92 Å². The number of methoxy groups -OCH3 is 1. The lowest BCUT2D eigenvalue weighted by Crippen LogP contribution is -2.14. The van der Waals surface area contributed by atoms with Crippen LogP contribution in [0.1, 0.15) is 6.92 Å². The van der Waals surface area contributed by atoms with Crippen LogP contribution in [0.4, 0.5) is 11.4 Å². The van der Waals surface area contributed by atoms with Crippen molar-refractivity contribution in [2.24, 2.45) is 5.92 Å². The third kappa shape index (κ3) is 3.85. The molecule has 16 heavy (non-hydrogen) atoms. The van der Waals surface area contributed by atoms with Gasteiger partial charge in [-0.2, -0.15) is 11.8 Å². The molecule has 1 aromatic carbocycles. The number of anilines is 2. The van der Waals surface area contributed by atoms with Gasteiger partial charge in [0.25, 0.3) is 0 Å². The van der Waals surface area contributed by atoms with E-state index < -0.39 is 0 Å². The first-order valence-corrected chi connectivity index (χ1v) is 6.73. The van der Waals surface area contributed by atoms with Gasteiger partial charge in [0, 0.05) is 12.6 Å². The number of benzene rings is 1. The second-order valence-electron chi connectivity index (χ2n) is 3.89. The lowest BCUT2D eigenvalue weighted by molar-refractivity contribution is 0.415. The highest BCUT2D eigenvalue weighted by Crippen LogP contribution is 2.24. The van der Waals surface area contributed by atoms with Gasteiger partial charge in [0.15, 0.2) is 0 Å². The summed E-state index contributed by atoms with van der Waals surface area (Å²) in [6.07, 6.45) is 2.12. The first-order valence-electron chi connectivity index (χ1n) is 5.33. The molecule has 0 fully saturated rings. The molecule has 0 radical (unpaired) electrons. The summed E-state index contributed by atoms with van der Waals surface area (Å²) in [5, 5.41) is 3.35. The van der Waals surface area contributed by atoms with Gasteiger partial charge >= 0.3 is 0 Å². The second-order valence-corrected chi connectivity index (χ2v) is 4.81. The summed E-state index contributed by atoms with van der Waals surface area (Å²) in [4.78, 5) is 0. The second kappa shape index (κ2) is 6.53. The number of nitrogens with two attached hydrogens (primary N) is 1. The van der Waals surface area contributed by atoms with Crippen molar-refractivity contribution >= 4 is 23.1 Å². The van der Waals surface area contributed by atoms with E-state index in [1.807, 2.05) is 30.0 Å². The molecule has 1 unspecified atom stereocenters. The predicted molar refractivity (Wildman–Crippen MR) is 73.4 cm³/mol. The van der Waals surface area contributed by atoms with Gasteiger partial charge in [-0.25, -0.2) is 0 Å². The molecule has 90 valence electrons. The van der Waals surface area contributed by atoms with Crippen LogP contribution in [-0.2, 0) is 0 Å². The Labute approximate surface area is 102 Å². The Hall–Kier alpha value is -1.03. The molecule has 0 aliphatic heterocycles. The van der Waals surface area contributed by atoms with E-state index in [9.17, 15) is 0 Å². The Bertz CT molecular complexity index is 331. The first-order chi connectivity index (χ1) is 7.67. The number of nitrogens with one attached hydrogen (secondary N) is 1. The Balaban J connectivity index is 2.54. The third-order valence-electron chi connectivity index (χ3n) is 2.35. The quantitative estimate of drug-likeness (QED) is 0.751. The number of thioether (sulfide) groups is 1. The van der Waals surface area contributed by atoms with Gasteiger partial charge < -0.3 is 15.8 Å². The molecule has 1 atom stereocenters. The maximum absolute atomic E-state index is 5.91. The first kappa shape index (κ1) is 13.0. The standard InChI is InChI=1S/C12H20N2OS/c1-9(8-16-3)7-14-12-5-4-10(15-2)6-11(12)13/h4-6,9,14H,7-8,13H2,1-3H3. The minimum Gasteiger partial charge on any atom is -0.497 e. The molecule has 4 heteroatoms. The largest absolute Gasteiger partial charge is 0.497 e. The Kier molecular flexibility index (Phi) is 5.32. The van der Waals surface area contributed by atoms with Crippen molar-refractivity contribution < 1.29 is 4.74 Å².